The number of nitrogens with two attached hydrogens (primary N) is 1. The molecule has 0 aliphatic heterocycles. The van der Waals surface area contributed by atoms with Gasteiger partial charge >= 0.3 is 0 Å². The summed E-state index contributed by atoms with van der Waals surface area (Å²) < 4.78 is 0. The van der Waals surface area contributed by atoms with E-state index in [4.69, 9.17) is 5.73 Å². The fourth-order valence-electron chi connectivity index (χ4n) is 1.64. The van der Waals surface area contributed by atoms with Crippen LogP contribution >= 0.6 is 0 Å². The van der Waals surface area contributed by atoms with E-state index < -0.39 is 0 Å². The maximum atomic E-state index is 5.13. The SMILES string of the molecule is CCCCCCCCCCC/C=[C]\N. The third-order valence-corrected chi connectivity index (χ3v) is 2.57. The van der Waals surface area contributed by atoms with Crippen LogP contribution in [0, 0.1) is 6.20 Å². The van der Waals surface area contributed by atoms with Crippen LogP contribution in [0.4, 0.5) is 0 Å². The first kappa shape index (κ1) is 13.5. The second-order valence-electron chi connectivity index (χ2n) is 3.99. The molecule has 0 saturated heterocycles. The first-order valence-electron chi connectivity index (χ1n) is 6.19. The van der Waals surface area contributed by atoms with Crippen LogP contribution in [-0.4, -0.2) is 0 Å². The van der Waals surface area contributed by atoms with Crippen molar-refractivity contribution in [2.24, 2.45) is 5.73 Å². The van der Waals surface area contributed by atoms with Crippen LogP contribution in [0.2, 0.25) is 0 Å². The highest BCUT2D eigenvalue weighted by molar-refractivity contribution is 4.68. The fourth-order valence-corrected chi connectivity index (χ4v) is 1.64. The molecule has 0 unspecified atom stereocenters. The van der Waals surface area contributed by atoms with Gasteiger partial charge in [-0.3, -0.25) is 0 Å². The minimum absolute atomic E-state index is 1.10. The molecular formula is C13H26N. The van der Waals surface area contributed by atoms with Crippen molar-refractivity contribution in [2.75, 3.05) is 0 Å². The molecule has 1 nitrogen and oxygen atoms in total. The molecule has 0 aliphatic rings. The standard InChI is InChI=1S/C13H26N/c1-2-3-4-5-6-7-8-9-10-11-12-13-14/h12H,2-11,14H2,1H3. The van der Waals surface area contributed by atoms with E-state index in [1.54, 1.807) is 0 Å². The molecule has 0 aliphatic carbocycles. The molecule has 0 bridgehead atoms. The van der Waals surface area contributed by atoms with E-state index in [1.165, 1.54) is 57.8 Å². The Labute approximate surface area is 89.8 Å². The molecule has 1 radical (unpaired) electrons. The second-order valence-corrected chi connectivity index (χ2v) is 3.99. The molecule has 0 aromatic heterocycles. The van der Waals surface area contributed by atoms with Gasteiger partial charge in [0.25, 0.3) is 0 Å². The maximum Gasteiger partial charge on any atom is 0.0503 e. The summed E-state index contributed by atoms with van der Waals surface area (Å²) in [6, 6.07) is 0. The zero-order valence-corrected chi connectivity index (χ0v) is 9.73. The molecule has 0 amide bonds. The molecule has 0 aromatic rings. The van der Waals surface area contributed by atoms with Crippen LogP contribution in [0.5, 0.6) is 0 Å². The highest BCUT2D eigenvalue weighted by atomic mass is 14.5. The van der Waals surface area contributed by atoms with Crippen molar-refractivity contribution in [2.45, 2.75) is 71.1 Å². The Hall–Kier alpha value is -0.460. The Morgan fingerprint density at radius 2 is 1.36 bits per heavy atom. The zero-order valence-electron chi connectivity index (χ0n) is 9.73. The van der Waals surface area contributed by atoms with E-state index in [0.29, 0.717) is 0 Å². The summed E-state index contributed by atoms with van der Waals surface area (Å²) in [6.45, 7) is 2.27. The van der Waals surface area contributed by atoms with Crippen molar-refractivity contribution >= 4 is 0 Å². The predicted molar refractivity (Wildman–Crippen MR) is 63.8 cm³/mol. The van der Waals surface area contributed by atoms with E-state index >= 15 is 0 Å². The summed E-state index contributed by atoms with van der Waals surface area (Å²) in [4.78, 5) is 0. The van der Waals surface area contributed by atoms with Crippen LogP contribution in [0.3, 0.4) is 0 Å². The average Bonchev–Trinajstić information content (AvgIpc) is 2.21. The van der Waals surface area contributed by atoms with Gasteiger partial charge in [-0.15, -0.1) is 0 Å². The van der Waals surface area contributed by atoms with Crippen LogP contribution in [0.1, 0.15) is 71.1 Å². The predicted octanol–water partition coefficient (Wildman–Crippen LogP) is 4.18. The Kier molecular flexibility index (Phi) is 12.1. The highest BCUT2D eigenvalue weighted by Gasteiger charge is 1.90. The summed E-state index contributed by atoms with van der Waals surface area (Å²) in [5.74, 6) is 0. The largest absolute Gasteiger partial charge is 0.397 e. The van der Waals surface area contributed by atoms with Crippen molar-refractivity contribution in [3.8, 4) is 0 Å². The van der Waals surface area contributed by atoms with Gasteiger partial charge in [-0.2, -0.15) is 0 Å². The topological polar surface area (TPSA) is 26.0 Å². The molecule has 0 spiro atoms. The number of unbranched alkanes of at least 4 members (excludes halogenated alkanes) is 9. The summed E-state index contributed by atoms with van der Waals surface area (Å²) in [6.07, 6.45) is 18.1. The molecule has 0 atom stereocenters. The third kappa shape index (κ3) is 11.5. The molecule has 2 N–H and O–H groups in total. The van der Waals surface area contributed by atoms with Gasteiger partial charge in [0.05, 0.1) is 6.20 Å². The maximum absolute atomic E-state index is 5.13. The lowest BCUT2D eigenvalue weighted by Gasteiger charge is -2.00. The lowest BCUT2D eigenvalue weighted by atomic mass is 10.1. The normalized spacial score (nSPS) is 11.2. The van der Waals surface area contributed by atoms with Crippen molar-refractivity contribution in [1.82, 2.24) is 0 Å². The molecule has 0 heterocycles. The van der Waals surface area contributed by atoms with Gasteiger partial charge in [0.1, 0.15) is 0 Å². The molecule has 0 fully saturated rings. The van der Waals surface area contributed by atoms with Crippen LogP contribution < -0.4 is 5.73 Å². The number of rotatable bonds is 10. The Bertz CT molecular complexity index is 118. The summed E-state index contributed by atoms with van der Waals surface area (Å²) in [5, 5.41) is 0. The molecule has 0 saturated carbocycles. The van der Waals surface area contributed by atoms with Crippen LogP contribution in [0.15, 0.2) is 6.08 Å². The van der Waals surface area contributed by atoms with Crippen molar-refractivity contribution < 1.29 is 0 Å². The highest BCUT2D eigenvalue weighted by Crippen LogP contribution is 2.10. The van der Waals surface area contributed by atoms with Gasteiger partial charge in [0.2, 0.25) is 0 Å². The van der Waals surface area contributed by atoms with E-state index in [1.807, 2.05) is 6.08 Å². The molecule has 0 rings (SSSR count). The van der Waals surface area contributed by atoms with Crippen LogP contribution in [-0.2, 0) is 0 Å². The molecular weight excluding hydrogens is 170 g/mol. The Morgan fingerprint density at radius 1 is 0.857 bits per heavy atom. The Balaban J connectivity index is 2.85. The zero-order chi connectivity index (χ0) is 10.5. The smallest absolute Gasteiger partial charge is 0.0503 e. The number of hydrogen-bond donors (Lipinski definition) is 1. The van der Waals surface area contributed by atoms with Crippen LogP contribution in [0.25, 0.3) is 0 Å². The quantitative estimate of drug-likeness (QED) is 0.411. The Morgan fingerprint density at radius 3 is 1.86 bits per heavy atom. The number of allylic oxidation sites excluding steroid dienone is 1. The molecule has 14 heavy (non-hydrogen) atoms. The lowest BCUT2D eigenvalue weighted by Crippen LogP contribution is -1.82. The van der Waals surface area contributed by atoms with E-state index in [-0.39, 0.29) is 0 Å². The first-order valence-corrected chi connectivity index (χ1v) is 6.19. The van der Waals surface area contributed by atoms with Gasteiger partial charge in [-0.05, 0) is 12.8 Å². The summed E-state index contributed by atoms with van der Waals surface area (Å²) in [5.41, 5.74) is 5.13. The minimum atomic E-state index is 1.10. The van der Waals surface area contributed by atoms with Crippen molar-refractivity contribution in [3.63, 3.8) is 0 Å². The van der Waals surface area contributed by atoms with Crippen molar-refractivity contribution in [1.29, 1.82) is 0 Å². The molecule has 0 aromatic carbocycles. The number of hydrogen-bond acceptors (Lipinski definition) is 1. The van der Waals surface area contributed by atoms with E-state index in [0.717, 1.165) is 6.42 Å². The first-order chi connectivity index (χ1) is 6.91. The van der Waals surface area contributed by atoms with Gasteiger partial charge in [-0.1, -0.05) is 64.4 Å². The molecule has 1 heteroatoms. The van der Waals surface area contributed by atoms with Gasteiger partial charge in [0, 0.05) is 0 Å². The van der Waals surface area contributed by atoms with Gasteiger partial charge < -0.3 is 5.73 Å². The lowest BCUT2D eigenvalue weighted by molar-refractivity contribution is 0.566. The van der Waals surface area contributed by atoms with E-state index in [9.17, 15) is 0 Å². The average molecular weight is 196 g/mol. The summed E-state index contributed by atoms with van der Waals surface area (Å²) in [7, 11) is 0. The summed E-state index contributed by atoms with van der Waals surface area (Å²) >= 11 is 0. The molecule has 83 valence electrons. The third-order valence-electron chi connectivity index (χ3n) is 2.57. The fraction of sp³-hybridized carbons (Fsp3) is 0.846. The monoisotopic (exact) mass is 196 g/mol. The van der Waals surface area contributed by atoms with E-state index in [2.05, 4.69) is 13.1 Å². The minimum Gasteiger partial charge on any atom is -0.397 e. The van der Waals surface area contributed by atoms with Crippen molar-refractivity contribution in [3.05, 3.63) is 12.3 Å². The van der Waals surface area contributed by atoms with Gasteiger partial charge in [0.15, 0.2) is 0 Å². The van der Waals surface area contributed by atoms with Gasteiger partial charge in [-0.25, -0.2) is 0 Å². The second kappa shape index (κ2) is 12.5.